The van der Waals surface area contributed by atoms with Crippen molar-refractivity contribution in [1.29, 1.82) is 0 Å². The van der Waals surface area contributed by atoms with E-state index in [-0.39, 0.29) is 29.7 Å². The number of hydrogen-bond donors (Lipinski definition) is 1. The highest BCUT2D eigenvalue weighted by Crippen LogP contribution is 2.36. The minimum atomic E-state index is -0.761. The molecule has 0 spiro atoms. The molecule has 2 aromatic rings. The van der Waals surface area contributed by atoms with Crippen LogP contribution < -0.4 is 10.5 Å². The Bertz CT molecular complexity index is 1190. The van der Waals surface area contributed by atoms with E-state index in [1.165, 1.54) is 0 Å². The summed E-state index contributed by atoms with van der Waals surface area (Å²) in [5.74, 6) is 0.344. The SMILES string of the molecule is CN(C)c1ccc(C(=O)N2CC[C@@H](CC(=O)O)[C@@H](CCN3C[C@@H]4C[C@H](C3)c3cccc(=O)n3C4)C2)cc1. The van der Waals surface area contributed by atoms with Crippen LogP contribution in [0.5, 0.6) is 0 Å². The summed E-state index contributed by atoms with van der Waals surface area (Å²) in [6.45, 7) is 4.77. The third-order valence-electron chi connectivity index (χ3n) is 8.62. The molecule has 8 heteroatoms. The third kappa shape index (κ3) is 5.59. The molecule has 2 saturated heterocycles. The number of aromatic nitrogens is 1. The molecule has 198 valence electrons. The Morgan fingerprint density at radius 1 is 1.00 bits per heavy atom. The van der Waals surface area contributed by atoms with E-state index in [0.29, 0.717) is 30.5 Å². The number of carboxylic acid groups (broad SMARTS) is 1. The van der Waals surface area contributed by atoms with Crippen molar-refractivity contribution in [3.05, 3.63) is 64.1 Å². The molecule has 5 rings (SSSR count). The van der Waals surface area contributed by atoms with Crippen LogP contribution in [0.25, 0.3) is 0 Å². The van der Waals surface area contributed by atoms with Crippen LogP contribution in [-0.4, -0.2) is 78.2 Å². The summed E-state index contributed by atoms with van der Waals surface area (Å²) in [5, 5.41) is 9.53. The fourth-order valence-corrected chi connectivity index (χ4v) is 6.70. The lowest BCUT2D eigenvalue weighted by Crippen LogP contribution is -2.49. The summed E-state index contributed by atoms with van der Waals surface area (Å²) < 4.78 is 1.95. The van der Waals surface area contributed by atoms with Gasteiger partial charge in [0.2, 0.25) is 0 Å². The lowest BCUT2D eigenvalue weighted by atomic mass is 9.80. The molecule has 1 aromatic heterocycles. The van der Waals surface area contributed by atoms with Gasteiger partial charge in [0.05, 0.1) is 0 Å². The van der Waals surface area contributed by atoms with Gasteiger partial charge in [0, 0.05) is 82.2 Å². The van der Waals surface area contributed by atoms with Gasteiger partial charge in [-0.3, -0.25) is 14.4 Å². The van der Waals surface area contributed by atoms with Crippen molar-refractivity contribution in [3.63, 3.8) is 0 Å². The first kappa shape index (κ1) is 25.5. The highest BCUT2D eigenvalue weighted by Gasteiger charge is 2.36. The van der Waals surface area contributed by atoms with E-state index in [2.05, 4.69) is 11.0 Å². The first-order valence-corrected chi connectivity index (χ1v) is 13.5. The Morgan fingerprint density at radius 3 is 2.51 bits per heavy atom. The number of nitrogens with zero attached hydrogens (tertiary/aromatic N) is 4. The van der Waals surface area contributed by atoms with Crippen molar-refractivity contribution in [3.8, 4) is 0 Å². The number of pyridine rings is 1. The van der Waals surface area contributed by atoms with Crippen molar-refractivity contribution >= 4 is 17.6 Å². The molecule has 0 radical (unpaired) electrons. The van der Waals surface area contributed by atoms with Crippen LogP contribution in [-0.2, 0) is 11.3 Å². The highest BCUT2D eigenvalue weighted by atomic mass is 16.4. The number of piperidine rings is 2. The summed E-state index contributed by atoms with van der Waals surface area (Å²) in [4.78, 5) is 43.7. The Hall–Kier alpha value is -3.13. The van der Waals surface area contributed by atoms with Gasteiger partial charge in [-0.15, -0.1) is 0 Å². The van der Waals surface area contributed by atoms with E-state index in [1.807, 2.05) is 58.8 Å². The first-order valence-electron chi connectivity index (χ1n) is 13.5. The second-order valence-electron chi connectivity index (χ2n) is 11.3. The van der Waals surface area contributed by atoms with Gasteiger partial charge < -0.3 is 24.4 Å². The van der Waals surface area contributed by atoms with E-state index in [0.717, 1.165) is 56.8 Å². The molecule has 4 atom stereocenters. The van der Waals surface area contributed by atoms with Gasteiger partial charge in [0.25, 0.3) is 11.5 Å². The molecule has 4 heterocycles. The predicted octanol–water partition coefficient (Wildman–Crippen LogP) is 2.98. The lowest BCUT2D eigenvalue weighted by Gasteiger charge is -2.44. The van der Waals surface area contributed by atoms with Crippen molar-refractivity contribution in [2.24, 2.45) is 17.8 Å². The monoisotopic (exact) mass is 506 g/mol. The maximum atomic E-state index is 13.3. The zero-order valence-corrected chi connectivity index (χ0v) is 21.9. The minimum Gasteiger partial charge on any atom is -0.481 e. The second kappa shape index (κ2) is 10.7. The van der Waals surface area contributed by atoms with Crippen LogP contribution in [0.2, 0.25) is 0 Å². The molecule has 2 bridgehead atoms. The number of amides is 1. The maximum absolute atomic E-state index is 13.3. The fourth-order valence-electron chi connectivity index (χ4n) is 6.70. The van der Waals surface area contributed by atoms with Crippen molar-refractivity contribution in [2.45, 2.75) is 38.1 Å². The van der Waals surface area contributed by atoms with Gasteiger partial charge >= 0.3 is 5.97 Å². The molecule has 1 aromatic carbocycles. The Labute approximate surface area is 218 Å². The minimum absolute atomic E-state index is 0.0265. The number of rotatable bonds is 7. The van der Waals surface area contributed by atoms with Gasteiger partial charge in [-0.25, -0.2) is 0 Å². The van der Waals surface area contributed by atoms with Crippen LogP contribution in [0.1, 0.15) is 47.7 Å². The van der Waals surface area contributed by atoms with Gasteiger partial charge in [0.1, 0.15) is 0 Å². The third-order valence-corrected chi connectivity index (χ3v) is 8.62. The van der Waals surface area contributed by atoms with Crippen molar-refractivity contribution in [1.82, 2.24) is 14.4 Å². The smallest absolute Gasteiger partial charge is 0.303 e. The van der Waals surface area contributed by atoms with E-state index >= 15 is 0 Å². The number of fused-ring (bicyclic) bond motifs is 4. The zero-order chi connectivity index (χ0) is 26.1. The molecule has 1 amide bonds. The van der Waals surface area contributed by atoms with E-state index < -0.39 is 5.97 Å². The van der Waals surface area contributed by atoms with Crippen LogP contribution >= 0.6 is 0 Å². The number of carbonyl (C=O) groups is 2. The molecule has 0 saturated carbocycles. The number of hydrogen-bond acceptors (Lipinski definition) is 5. The predicted molar refractivity (Wildman–Crippen MR) is 143 cm³/mol. The second-order valence-corrected chi connectivity index (χ2v) is 11.3. The fraction of sp³-hybridized carbons (Fsp3) is 0.552. The molecule has 0 unspecified atom stereocenters. The van der Waals surface area contributed by atoms with Crippen LogP contribution in [0.15, 0.2) is 47.3 Å². The molecule has 2 fully saturated rings. The molecule has 0 aliphatic carbocycles. The summed E-state index contributed by atoms with van der Waals surface area (Å²) in [5.41, 5.74) is 2.97. The normalized spacial score (nSPS) is 25.4. The van der Waals surface area contributed by atoms with Crippen molar-refractivity contribution in [2.75, 3.05) is 51.7 Å². The van der Waals surface area contributed by atoms with Gasteiger partial charge in [-0.1, -0.05) is 6.07 Å². The van der Waals surface area contributed by atoms with Crippen LogP contribution in [0.4, 0.5) is 5.69 Å². The summed E-state index contributed by atoms with van der Waals surface area (Å²) in [7, 11) is 3.95. The molecule has 3 aliphatic heterocycles. The molecular weight excluding hydrogens is 468 g/mol. The van der Waals surface area contributed by atoms with E-state index in [1.54, 1.807) is 6.07 Å². The maximum Gasteiger partial charge on any atom is 0.303 e. The van der Waals surface area contributed by atoms with Gasteiger partial charge in [-0.05, 0) is 73.9 Å². The topological polar surface area (TPSA) is 86.1 Å². The van der Waals surface area contributed by atoms with Crippen molar-refractivity contribution < 1.29 is 14.7 Å². The van der Waals surface area contributed by atoms with E-state index in [4.69, 9.17) is 0 Å². The average molecular weight is 507 g/mol. The Kier molecular flexibility index (Phi) is 7.38. The first-order chi connectivity index (χ1) is 17.8. The Morgan fingerprint density at radius 2 is 1.78 bits per heavy atom. The molecule has 1 N–H and O–H groups in total. The number of likely N-dealkylation sites (tertiary alicyclic amines) is 2. The standard InChI is InChI=1S/C29H38N4O4/c1-30(2)25-8-6-21(7-9-25)29(37)32-13-11-22(15-28(35)36)23(19-32)10-12-31-16-20-14-24(18-31)26-4-3-5-27(34)33(26)17-20/h3-9,20,22-24H,10-19H2,1-2H3,(H,35,36)/t20-,22-,23-,24+/m0/s1. The largest absolute Gasteiger partial charge is 0.481 e. The zero-order valence-electron chi connectivity index (χ0n) is 21.9. The van der Waals surface area contributed by atoms with Gasteiger partial charge in [0.15, 0.2) is 0 Å². The molecule has 8 nitrogen and oxygen atoms in total. The summed E-state index contributed by atoms with van der Waals surface area (Å²) in [6.07, 6.45) is 2.88. The Balaban J connectivity index is 1.24. The number of carbonyl (C=O) groups excluding carboxylic acids is 1. The molecular formula is C29H38N4O4. The van der Waals surface area contributed by atoms with Crippen LogP contribution in [0, 0.1) is 17.8 Å². The molecule has 3 aliphatic rings. The van der Waals surface area contributed by atoms with Gasteiger partial charge in [-0.2, -0.15) is 0 Å². The molecule has 37 heavy (non-hydrogen) atoms. The number of benzene rings is 1. The lowest BCUT2D eigenvalue weighted by molar-refractivity contribution is -0.139. The summed E-state index contributed by atoms with van der Waals surface area (Å²) >= 11 is 0. The highest BCUT2D eigenvalue weighted by molar-refractivity contribution is 5.94. The summed E-state index contributed by atoms with van der Waals surface area (Å²) in [6, 6.07) is 13.3. The average Bonchev–Trinajstić information content (AvgIpc) is 2.88. The van der Waals surface area contributed by atoms with Crippen LogP contribution in [0.3, 0.4) is 0 Å². The number of carboxylic acids is 1. The van der Waals surface area contributed by atoms with E-state index in [9.17, 15) is 19.5 Å². The number of anilines is 1. The quantitative estimate of drug-likeness (QED) is 0.622. The number of aliphatic carboxylic acids is 1.